The van der Waals surface area contributed by atoms with Crippen LogP contribution in [0.1, 0.15) is 47.8 Å². The van der Waals surface area contributed by atoms with E-state index in [1.165, 1.54) is 36.7 Å². The van der Waals surface area contributed by atoms with Crippen LogP contribution in [0.15, 0.2) is 24.5 Å². The van der Waals surface area contributed by atoms with Gasteiger partial charge in [-0.05, 0) is 43.9 Å². The molecule has 10 heteroatoms. The number of likely N-dealkylation sites (N-methyl/N-ethyl adjacent to an activating group) is 1. The molecule has 0 saturated heterocycles. The molecule has 2 unspecified atom stereocenters. The van der Waals surface area contributed by atoms with E-state index < -0.39 is 11.7 Å². The zero-order chi connectivity index (χ0) is 23.7. The first-order chi connectivity index (χ1) is 15.8. The number of aryl methyl sites for hydroxylation is 1. The smallest absolute Gasteiger partial charge is 0.259 e. The van der Waals surface area contributed by atoms with Crippen LogP contribution in [0.5, 0.6) is 5.75 Å². The number of halogens is 1. The van der Waals surface area contributed by atoms with Crippen molar-refractivity contribution in [3.05, 3.63) is 40.8 Å². The fourth-order valence-electron chi connectivity index (χ4n) is 4.28. The molecule has 8 nitrogen and oxygen atoms in total. The van der Waals surface area contributed by atoms with Gasteiger partial charge < -0.3 is 20.7 Å². The third kappa shape index (κ3) is 4.61. The molecule has 2 heterocycles. The average Bonchev–Trinajstić information content (AvgIpc) is 3.13. The average molecular weight is 472 g/mol. The number of aromatic nitrogens is 2. The van der Waals surface area contributed by atoms with Crippen LogP contribution in [0.4, 0.5) is 15.9 Å². The normalized spacial score (nSPS) is 18.2. The number of carbonyl (C=O) groups excluding carboxylic acids is 2. The number of anilines is 2. The summed E-state index contributed by atoms with van der Waals surface area (Å²) in [5.41, 5.74) is 6.71. The van der Waals surface area contributed by atoms with Gasteiger partial charge in [-0.25, -0.2) is 14.4 Å². The van der Waals surface area contributed by atoms with Gasteiger partial charge in [-0.1, -0.05) is 6.42 Å². The summed E-state index contributed by atoms with van der Waals surface area (Å²) in [6.07, 6.45) is 4.71. The van der Waals surface area contributed by atoms with Crippen molar-refractivity contribution in [1.82, 2.24) is 14.9 Å². The number of nitrogens with zero attached hydrogens (tertiary/aromatic N) is 3. The maximum Gasteiger partial charge on any atom is 0.259 e. The van der Waals surface area contributed by atoms with Crippen molar-refractivity contribution >= 4 is 44.9 Å². The summed E-state index contributed by atoms with van der Waals surface area (Å²) < 4.78 is 20.5. The van der Waals surface area contributed by atoms with Gasteiger partial charge in [0.25, 0.3) is 5.91 Å². The number of thiophene rings is 1. The highest BCUT2D eigenvalue weighted by Gasteiger charge is 2.32. The Morgan fingerprint density at radius 3 is 2.76 bits per heavy atom. The van der Waals surface area contributed by atoms with Gasteiger partial charge in [-0.15, -0.1) is 11.3 Å². The van der Waals surface area contributed by atoms with Crippen LogP contribution in [0.3, 0.4) is 0 Å². The van der Waals surface area contributed by atoms with Gasteiger partial charge in [-0.3, -0.25) is 9.59 Å². The van der Waals surface area contributed by atoms with Crippen LogP contribution in [-0.2, 0) is 4.79 Å². The minimum atomic E-state index is -0.523. The first kappa shape index (κ1) is 22.9. The molecule has 4 rings (SSSR count). The van der Waals surface area contributed by atoms with Gasteiger partial charge in [0.2, 0.25) is 5.91 Å². The minimum Gasteiger partial charge on any atom is -0.486 e. The molecule has 1 aromatic carbocycles. The highest BCUT2D eigenvalue weighted by atomic mass is 32.1. The summed E-state index contributed by atoms with van der Waals surface area (Å²) >= 11 is 1.20. The molecule has 2 aromatic heterocycles. The number of fused-ring (bicyclic) bond motifs is 1. The van der Waals surface area contributed by atoms with E-state index >= 15 is 0 Å². The lowest BCUT2D eigenvalue weighted by Gasteiger charge is -2.37. The van der Waals surface area contributed by atoms with Gasteiger partial charge >= 0.3 is 0 Å². The number of hydrogen-bond donors (Lipinski definition) is 2. The Bertz CT molecular complexity index is 1210. The van der Waals surface area contributed by atoms with E-state index in [0.29, 0.717) is 37.9 Å². The molecule has 174 valence electrons. The Morgan fingerprint density at radius 1 is 1.27 bits per heavy atom. The van der Waals surface area contributed by atoms with Crippen LogP contribution < -0.4 is 15.8 Å². The molecule has 1 saturated carbocycles. The number of carbonyl (C=O) groups is 2. The van der Waals surface area contributed by atoms with Crippen molar-refractivity contribution in [2.45, 2.75) is 51.7 Å². The second kappa shape index (κ2) is 9.30. The van der Waals surface area contributed by atoms with E-state index in [1.807, 2.05) is 0 Å². The number of nitrogens with two attached hydrogens (primary N) is 1. The molecule has 1 fully saturated rings. The lowest BCUT2D eigenvalue weighted by atomic mass is 9.91. The first-order valence-electron chi connectivity index (χ1n) is 10.8. The van der Waals surface area contributed by atoms with Gasteiger partial charge in [0.05, 0.1) is 22.0 Å². The van der Waals surface area contributed by atoms with Crippen molar-refractivity contribution in [2.75, 3.05) is 12.4 Å². The SMILES string of the molecule is CC(=O)N(C)C1CCCCC1Oc1cc(F)ccc1Nc1ncnc2sc(C(N)=O)c(C)c12. The summed E-state index contributed by atoms with van der Waals surface area (Å²) in [5, 5.41) is 3.90. The van der Waals surface area contributed by atoms with Crippen LogP contribution in [0.2, 0.25) is 0 Å². The van der Waals surface area contributed by atoms with Crippen molar-refractivity contribution in [3.63, 3.8) is 0 Å². The number of nitrogens with one attached hydrogen (secondary N) is 1. The van der Waals surface area contributed by atoms with Crippen LogP contribution >= 0.6 is 11.3 Å². The molecule has 3 aromatic rings. The summed E-state index contributed by atoms with van der Waals surface area (Å²) in [4.78, 5) is 35.1. The molecule has 33 heavy (non-hydrogen) atoms. The number of rotatable bonds is 6. The fourth-order valence-corrected chi connectivity index (χ4v) is 5.28. The van der Waals surface area contributed by atoms with Gasteiger partial charge in [0.1, 0.15) is 34.6 Å². The molecule has 1 aliphatic carbocycles. The van der Waals surface area contributed by atoms with E-state index in [0.717, 1.165) is 25.7 Å². The topological polar surface area (TPSA) is 110 Å². The van der Waals surface area contributed by atoms with Gasteiger partial charge in [0.15, 0.2) is 0 Å². The maximum absolute atomic E-state index is 14.2. The summed E-state index contributed by atoms with van der Waals surface area (Å²) in [6.45, 7) is 3.32. The second-order valence-electron chi connectivity index (χ2n) is 8.23. The molecule has 3 N–H and O–H groups in total. The molecule has 0 aliphatic heterocycles. The Kier molecular flexibility index (Phi) is 6.46. The third-order valence-corrected chi connectivity index (χ3v) is 7.30. The Hall–Kier alpha value is -3.27. The van der Waals surface area contributed by atoms with Crippen LogP contribution in [0, 0.1) is 12.7 Å². The quantitative estimate of drug-likeness (QED) is 0.559. The van der Waals surface area contributed by atoms with E-state index in [2.05, 4.69) is 15.3 Å². The highest BCUT2D eigenvalue weighted by molar-refractivity contribution is 7.20. The maximum atomic E-state index is 14.2. The molecule has 0 spiro atoms. The Labute approximate surface area is 195 Å². The Balaban J connectivity index is 1.68. The number of benzene rings is 1. The van der Waals surface area contributed by atoms with E-state index in [-0.39, 0.29) is 18.1 Å². The van der Waals surface area contributed by atoms with Gasteiger partial charge in [-0.2, -0.15) is 0 Å². The molecule has 2 atom stereocenters. The molecule has 0 bridgehead atoms. The molecular formula is C23H26FN5O3S. The van der Waals surface area contributed by atoms with Crippen molar-refractivity contribution in [2.24, 2.45) is 5.73 Å². The predicted molar refractivity (Wildman–Crippen MR) is 125 cm³/mol. The Morgan fingerprint density at radius 2 is 2.03 bits per heavy atom. The van der Waals surface area contributed by atoms with Crippen LogP contribution in [-0.4, -0.2) is 45.9 Å². The number of primary amides is 1. The monoisotopic (exact) mass is 471 g/mol. The standard InChI is InChI=1S/C23H26FN5O3S/c1-12-19-22(26-11-27-23(19)33-20(12)21(25)31)28-15-9-8-14(24)10-18(15)32-17-7-5-4-6-16(17)29(3)13(2)30/h8-11,16-17H,4-7H2,1-3H3,(H2,25,31)(H,26,27,28). The largest absolute Gasteiger partial charge is 0.486 e. The van der Waals surface area contributed by atoms with Crippen molar-refractivity contribution in [1.29, 1.82) is 0 Å². The molecule has 1 aliphatic rings. The molecular weight excluding hydrogens is 445 g/mol. The second-order valence-corrected chi connectivity index (χ2v) is 9.23. The lowest BCUT2D eigenvalue weighted by Crippen LogP contribution is -2.48. The minimum absolute atomic E-state index is 0.0327. The van der Waals surface area contributed by atoms with Gasteiger partial charge in [0, 0.05) is 20.0 Å². The fraction of sp³-hybridized carbons (Fsp3) is 0.391. The molecule has 0 radical (unpaired) electrons. The van der Waals surface area contributed by atoms with Crippen molar-refractivity contribution < 1.29 is 18.7 Å². The summed E-state index contributed by atoms with van der Waals surface area (Å²) in [7, 11) is 1.77. The number of ether oxygens (including phenoxy) is 1. The summed E-state index contributed by atoms with van der Waals surface area (Å²) in [6, 6.07) is 4.16. The van der Waals surface area contributed by atoms with Crippen molar-refractivity contribution in [3.8, 4) is 5.75 Å². The van der Waals surface area contributed by atoms with E-state index in [1.54, 1.807) is 24.9 Å². The number of amides is 2. The third-order valence-electron chi connectivity index (χ3n) is 6.09. The van der Waals surface area contributed by atoms with E-state index in [4.69, 9.17) is 10.5 Å². The zero-order valence-electron chi connectivity index (χ0n) is 18.7. The zero-order valence-corrected chi connectivity index (χ0v) is 19.5. The molecule has 2 amide bonds. The van der Waals surface area contributed by atoms with Crippen LogP contribution in [0.25, 0.3) is 10.2 Å². The first-order valence-corrected chi connectivity index (χ1v) is 11.6. The van der Waals surface area contributed by atoms with E-state index in [9.17, 15) is 14.0 Å². The highest BCUT2D eigenvalue weighted by Crippen LogP contribution is 2.37. The predicted octanol–water partition coefficient (Wildman–Crippen LogP) is 4.15. The summed E-state index contributed by atoms with van der Waals surface area (Å²) in [5.74, 6) is -0.185. The lowest BCUT2D eigenvalue weighted by molar-refractivity contribution is -0.132. The number of hydrogen-bond acceptors (Lipinski definition) is 7.